The van der Waals surface area contributed by atoms with Gasteiger partial charge in [-0.3, -0.25) is 9.69 Å². The molecule has 0 aliphatic carbocycles. The average molecular weight is 420 g/mol. The van der Waals surface area contributed by atoms with Crippen LogP contribution in [0.4, 0.5) is 4.79 Å². The molecule has 0 saturated carbocycles. The number of benzene rings is 2. The van der Waals surface area contributed by atoms with E-state index in [2.05, 4.69) is 9.88 Å². The van der Waals surface area contributed by atoms with E-state index in [0.717, 1.165) is 33.8 Å². The molecule has 1 N–H and O–H groups in total. The molecule has 1 aromatic heterocycles. The third kappa shape index (κ3) is 3.53. The van der Waals surface area contributed by atoms with E-state index in [9.17, 15) is 9.59 Å². The van der Waals surface area contributed by atoms with Crippen molar-refractivity contribution in [1.29, 1.82) is 0 Å². The molecule has 3 amide bonds. The van der Waals surface area contributed by atoms with Gasteiger partial charge in [0.2, 0.25) is 0 Å². The van der Waals surface area contributed by atoms with Gasteiger partial charge in [-0.1, -0.05) is 48.0 Å². The van der Waals surface area contributed by atoms with Gasteiger partial charge in [-0.15, -0.1) is 0 Å². The van der Waals surface area contributed by atoms with Crippen molar-refractivity contribution in [2.75, 3.05) is 0 Å². The van der Waals surface area contributed by atoms with Gasteiger partial charge in [0.1, 0.15) is 5.70 Å². The number of carbonyl (C=O) groups excluding carboxylic acids is 2. The van der Waals surface area contributed by atoms with Crippen molar-refractivity contribution in [3.05, 3.63) is 93.4 Å². The zero-order valence-electron chi connectivity index (χ0n) is 17.1. The highest BCUT2D eigenvalue weighted by Gasteiger charge is 2.33. The standard InChI is InChI=1S/C24H22ClN3O2/c1-15-12-19(17(3)28(15)22-11-7-10-20(25)16(22)2)13-21-23(29)27(24(30)26-21)14-18-8-5-4-6-9-18/h4-13H,14H2,1-3H3,(H,26,30)/b21-13+. The second-order valence-corrected chi connectivity index (χ2v) is 7.82. The minimum atomic E-state index is -0.408. The lowest BCUT2D eigenvalue weighted by Crippen LogP contribution is -2.30. The van der Waals surface area contributed by atoms with Crippen LogP contribution in [0.5, 0.6) is 0 Å². The maximum Gasteiger partial charge on any atom is 0.329 e. The van der Waals surface area contributed by atoms with Gasteiger partial charge in [0.25, 0.3) is 5.91 Å². The van der Waals surface area contributed by atoms with E-state index < -0.39 is 6.03 Å². The summed E-state index contributed by atoms with van der Waals surface area (Å²) >= 11 is 6.31. The van der Waals surface area contributed by atoms with E-state index in [-0.39, 0.29) is 18.1 Å². The Balaban J connectivity index is 1.67. The monoisotopic (exact) mass is 419 g/mol. The lowest BCUT2D eigenvalue weighted by atomic mass is 10.1. The quantitative estimate of drug-likeness (QED) is 0.469. The van der Waals surface area contributed by atoms with Crippen LogP contribution < -0.4 is 5.32 Å². The Kier molecular flexibility index (Phi) is 5.22. The fourth-order valence-corrected chi connectivity index (χ4v) is 3.95. The number of amides is 3. The Bertz CT molecular complexity index is 1180. The van der Waals surface area contributed by atoms with E-state index in [1.807, 2.05) is 75.4 Å². The summed E-state index contributed by atoms with van der Waals surface area (Å²) in [6.07, 6.45) is 1.74. The highest BCUT2D eigenvalue weighted by molar-refractivity contribution is 6.31. The van der Waals surface area contributed by atoms with Crippen molar-refractivity contribution in [3.8, 4) is 5.69 Å². The predicted octanol–water partition coefficient (Wildman–Crippen LogP) is 5.15. The number of nitrogens with one attached hydrogen (secondary N) is 1. The van der Waals surface area contributed by atoms with E-state index >= 15 is 0 Å². The fourth-order valence-electron chi connectivity index (χ4n) is 3.78. The van der Waals surface area contributed by atoms with E-state index in [4.69, 9.17) is 11.6 Å². The van der Waals surface area contributed by atoms with E-state index in [1.54, 1.807) is 6.08 Å². The summed E-state index contributed by atoms with van der Waals surface area (Å²) in [6, 6.07) is 16.9. The van der Waals surface area contributed by atoms with Crippen LogP contribution in [0, 0.1) is 20.8 Å². The van der Waals surface area contributed by atoms with E-state index in [0.29, 0.717) is 5.02 Å². The first kappa shape index (κ1) is 20.0. The van der Waals surface area contributed by atoms with Gasteiger partial charge in [-0.05, 0) is 61.7 Å². The third-order valence-electron chi connectivity index (χ3n) is 5.40. The molecule has 6 heteroatoms. The van der Waals surface area contributed by atoms with Crippen molar-refractivity contribution in [2.45, 2.75) is 27.3 Å². The van der Waals surface area contributed by atoms with Crippen LogP contribution in [0.1, 0.15) is 28.1 Å². The summed E-state index contributed by atoms with van der Waals surface area (Å²) in [5, 5.41) is 3.41. The van der Waals surface area contributed by atoms with Crippen LogP contribution in [0.2, 0.25) is 5.02 Å². The maximum atomic E-state index is 12.8. The zero-order chi connectivity index (χ0) is 21.4. The molecule has 0 atom stereocenters. The maximum absolute atomic E-state index is 12.8. The van der Waals surface area contributed by atoms with Gasteiger partial charge < -0.3 is 9.88 Å². The van der Waals surface area contributed by atoms with Gasteiger partial charge in [-0.25, -0.2) is 4.79 Å². The molecule has 152 valence electrons. The minimum Gasteiger partial charge on any atom is -0.318 e. The number of rotatable bonds is 4. The van der Waals surface area contributed by atoms with Crippen LogP contribution >= 0.6 is 11.6 Å². The summed E-state index contributed by atoms with van der Waals surface area (Å²) in [6.45, 7) is 6.22. The van der Waals surface area contributed by atoms with Crippen molar-refractivity contribution in [2.24, 2.45) is 0 Å². The summed E-state index contributed by atoms with van der Waals surface area (Å²) in [7, 11) is 0. The first-order valence-electron chi connectivity index (χ1n) is 9.69. The molecule has 0 radical (unpaired) electrons. The van der Waals surface area contributed by atoms with Crippen molar-refractivity contribution in [3.63, 3.8) is 0 Å². The molecule has 1 fully saturated rings. The highest BCUT2D eigenvalue weighted by Crippen LogP contribution is 2.28. The summed E-state index contributed by atoms with van der Waals surface area (Å²) in [5.41, 5.74) is 6.01. The Hall–Kier alpha value is -3.31. The van der Waals surface area contributed by atoms with Crippen LogP contribution in [0.15, 0.2) is 60.3 Å². The lowest BCUT2D eigenvalue weighted by molar-refractivity contribution is -0.123. The second-order valence-electron chi connectivity index (χ2n) is 7.41. The largest absolute Gasteiger partial charge is 0.329 e. The molecule has 1 saturated heterocycles. The Labute approximate surface area is 180 Å². The summed E-state index contributed by atoms with van der Waals surface area (Å²) in [5.74, 6) is -0.326. The summed E-state index contributed by atoms with van der Waals surface area (Å²) in [4.78, 5) is 26.5. The van der Waals surface area contributed by atoms with Crippen LogP contribution in [0.3, 0.4) is 0 Å². The molecule has 2 heterocycles. The third-order valence-corrected chi connectivity index (χ3v) is 5.81. The van der Waals surface area contributed by atoms with Crippen molar-refractivity contribution < 1.29 is 9.59 Å². The Morgan fingerprint density at radius 2 is 1.73 bits per heavy atom. The molecule has 0 spiro atoms. The molecule has 0 unspecified atom stereocenters. The van der Waals surface area contributed by atoms with Crippen LogP contribution in [-0.2, 0) is 11.3 Å². The molecular formula is C24H22ClN3O2. The molecule has 3 aromatic rings. The van der Waals surface area contributed by atoms with Gasteiger partial charge in [-0.2, -0.15) is 0 Å². The zero-order valence-corrected chi connectivity index (χ0v) is 17.8. The Morgan fingerprint density at radius 1 is 1.00 bits per heavy atom. The number of imide groups is 1. The predicted molar refractivity (Wildman–Crippen MR) is 118 cm³/mol. The van der Waals surface area contributed by atoms with Gasteiger partial charge in [0.15, 0.2) is 0 Å². The molecule has 1 aliphatic rings. The van der Waals surface area contributed by atoms with Gasteiger partial charge >= 0.3 is 6.03 Å². The smallest absolute Gasteiger partial charge is 0.318 e. The molecule has 2 aromatic carbocycles. The topological polar surface area (TPSA) is 54.3 Å². The molecular weight excluding hydrogens is 398 g/mol. The van der Waals surface area contributed by atoms with Crippen LogP contribution in [-0.4, -0.2) is 21.4 Å². The number of nitrogens with zero attached hydrogens (tertiary/aromatic N) is 2. The first-order chi connectivity index (χ1) is 14.4. The lowest BCUT2D eigenvalue weighted by Gasteiger charge is -2.13. The number of hydrogen-bond donors (Lipinski definition) is 1. The molecule has 30 heavy (non-hydrogen) atoms. The minimum absolute atomic E-state index is 0.240. The summed E-state index contributed by atoms with van der Waals surface area (Å²) < 4.78 is 2.11. The SMILES string of the molecule is Cc1c(Cl)cccc1-n1c(C)cc(/C=C2/NC(=O)N(Cc3ccccc3)C2=O)c1C. The molecule has 5 nitrogen and oxygen atoms in total. The van der Waals surface area contributed by atoms with Crippen molar-refractivity contribution >= 4 is 29.6 Å². The normalized spacial score (nSPS) is 15.2. The molecule has 0 bridgehead atoms. The number of halogens is 1. The van der Waals surface area contributed by atoms with E-state index in [1.165, 1.54) is 4.90 Å². The highest BCUT2D eigenvalue weighted by atomic mass is 35.5. The number of aromatic nitrogens is 1. The number of carbonyl (C=O) groups is 2. The first-order valence-corrected chi connectivity index (χ1v) is 10.1. The number of aryl methyl sites for hydroxylation is 1. The molecule has 1 aliphatic heterocycles. The number of hydrogen-bond acceptors (Lipinski definition) is 2. The average Bonchev–Trinajstić information content (AvgIpc) is 3.15. The molecule has 4 rings (SSSR count). The second kappa shape index (κ2) is 7.84. The van der Waals surface area contributed by atoms with Crippen LogP contribution in [0.25, 0.3) is 11.8 Å². The Morgan fingerprint density at radius 3 is 2.47 bits per heavy atom. The fraction of sp³-hybridized carbons (Fsp3) is 0.167. The van der Waals surface area contributed by atoms with Gasteiger partial charge in [0, 0.05) is 22.1 Å². The number of urea groups is 1. The van der Waals surface area contributed by atoms with Gasteiger partial charge in [0.05, 0.1) is 6.54 Å². The van der Waals surface area contributed by atoms with Crippen molar-refractivity contribution in [1.82, 2.24) is 14.8 Å².